The minimum atomic E-state index is -0.562. The topological polar surface area (TPSA) is 66.0 Å². The van der Waals surface area contributed by atoms with Gasteiger partial charge in [-0.25, -0.2) is 9.18 Å². The Labute approximate surface area is 204 Å². The molecular formula is C27H29FN4O3. The van der Waals surface area contributed by atoms with Crippen molar-refractivity contribution < 1.29 is 18.7 Å². The van der Waals surface area contributed by atoms with Crippen LogP contribution in [0.5, 0.6) is 0 Å². The fourth-order valence-electron chi connectivity index (χ4n) is 3.93. The summed E-state index contributed by atoms with van der Waals surface area (Å²) in [5, 5.41) is 0. The number of nitrogens with zero attached hydrogens (tertiary/aromatic N) is 4. The second-order valence-electron chi connectivity index (χ2n) is 9.31. The molecule has 8 heteroatoms. The van der Waals surface area contributed by atoms with E-state index < -0.39 is 11.4 Å². The van der Waals surface area contributed by atoms with E-state index in [0.717, 1.165) is 0 Å². The molecule has 1 aliphatic rings. The van der Waals surface area contributed by atoms with Crippen LogP contribution in [0.15, 0.2) is 73.1 Å². The van der Waals surface area contributed by atoms with Crippen molar-refractivity contribution in [2.45, 2.75) is 26.4 Å². The number of rotatable bonds is 4. The van der Waals surface area contributed by atoms with Gasteiger partial charge in [-0.15, -0.1) is 0 Å². The van der Waals surface area contributed by atoms with Gasteiger partial charge in [0.05, 0.1) is 23.3 Å². The van der Waals surface area contributed by atoms with Gasteiger partial charge in [-0.2, -0.15) is 0 Å². The van der Waals surface area contributed by atoms with Crippen LogP contribution in [0.25, 0.3) is 0 Å². The zero-order valence-electron chi connectivity index (χ0n) is 20.1. The Balaban J connectivity index is 1.54. The molecule has 0 aliphatic carbocycles. The normalized spacial score (nSPS) is 13.9. The number of piperazine rings is 1. The van der Waals surface area contributed by atoms with Crippen molar-refractivity contribution in [1.82, 2.24) is 9.88 Å². The number of carbonyl (C=O) groups excluding carboxylic acids is 2. The Bertz CT molecular complexity index is 1170. The van der Waals surface area contributed by atoms with Crippen molar-refractivity contribution >= 4 is 29.1 Å². The highest BCUT2D eigenvalue weighted by Gasteiger charge is 2.27. The second-order valence-corrected chi connectivity index (χ2v) is 9.31. The van der Waals surface area contributed by atoms with E-state index in [0.29, 0.717) is 48.8 Å². The number of anilines is 3. The van der Waals surface area contributed by atoms with Crippen molar-refractivity contribution in [2.75, 3.05) is 36.0 Å². The quantitative estimate of drug-likeness (QED) is 0.514. The summed E-state index contributed by atoms with van der Waals surface area (Å²) in [6, 6.07) is 17.1. The maximum atomic E-state index is 15.4. The van der Waals surface area contributed by atoms with Gasteiger partial charge in [0.25, 0.3) is 5.91 Å². The van der Waals surface area contributed by atoms with Crippen molar-refractivity contribution in [3.8, 4) is 0 Å². The van der Waals surface area contributed by atoms with Crippen LogP contribution >= 0.6 is 0 Å². The number of carbonyl (C=O) groups is 2. The summed E-state index contributed by atoms with van der Waals surface area (Å²) in [7, 11) is 0. The van der Waals surface area contributed by atoms with E-state index in [4.69, 9.17) is 4.74 Å². The Hall–Kier alpha value is -3.94. The molecule has 0 bridgehead atoms. The SMILES string of the molecule is CC(C)(C)OC(=O)N1CCN(c2ccc(N(C(=O)c3ccccc3)c3cccnc3)cc2F)CC1. The largest absolute Gasteiger partial charge is 0.444 e. The lowest BCUT2D eigenvalue weighted by Gasteiger charge is -2.37. The summed E-state index contributed by atoms with van der Waals surface area (Å²) in [6.45, 7) is 7.31. The monoisotopic (exact) mass is 476 g/mol. The first kappa shape index (κ1) is 24.2. The molecule has 2 heterocycles. The lowest BCUT2D eigenvalue weighted by Crippen LogP contribution is -2.50. The van der Waals surface area contributed by atoms with Gasteiger partial charge in [-0.05, 0) is 57.2 Å². The van der Waals surface area contributed by atoms with Crippen LogP contribution < -0.4 is 9.80 Å². The predicted octanol–water partition coefficient (Wildman–Crippen LogP) is 5.26. The molecule has 2 aromatic carbocycles. The van der Waals surface area contributed by atoms with E-state index in [1.54, 1.807) is 65.8 Å². The summed E-state index contributed by atoms with van der Waals surface area (Å²) in [5.41, 5.74) is 1.29. The van der Waals surface area contributed by atoms with Gasteiger partial charge in [-0.3, -0.25) is 14.7 Å². The van der Waals surface area contributed by atoms with Gasteiger partial charge in [0.15, 0.2) is 0 Å². The average Bonchev–Trinajstić information content (AvgIpc) is 2.84. The third kappa shape index (κ3) is 5.77. The highest BCUT2D eigenvalue weighted by molar-refractivity contribution is 6.10. The highest BCUT2D eigenvalue weighted by atomic mass is 19.1. The predicted molar refractivity (Wildman–Crippen MR) is 134 cm³/mol. The molecular weight excluding hydrogens is 447 g/mol. The van der Waals surface area contributed by atoms with E-state index in [9.17, 15) is 9.59 Å². The molecule has 0 unspecified atom stereocenters. The maximum absolute atomic E-state index is 15.4. The summed E-state index contributed by atoms with van der Waals surface area (Å²) < 4.78 is 20.8. The molecule has 2 amide bonds. The molecule has 1 aromatic heterocycles. The van der Waals surface area contributed by atoms with E-state index in [-0.39, 0.29) is 12.0 Å². The van der Waals surface area contributed by atoms with Crippen LogP contribution in [0.3, 0.4) is 0 Å². The van der Waals surface area contributed by atoms with Crippen molar-refractivity contribution in [3.63, 3.8) is 0 Å². The smallest absolute Gasteiger partial charge is 0.410 e. The van der Waals surface area contributed by atoms with E-state index in [2.05, 4.69) is 4.98 Å². The van der Waals surface area contributed by atoms with Crippen molar-refractivity contribution in [2.24, 2.45) is 0 Å². The van der Waals surface area contributed by atoms with Gasteiger partial charge in [0.2, 0.25) is 0 Å². The van der Waals surface area contributed by atoms with Gasteiger partial charge in [-0.1, -0.05) is 18.2 Å². The van der Waals surface area contributed by atoms with Gasteiger partial charge >= 0.3 is 6.09 Å². The lowest BCUT2D eigenvalue weighted by atomic mass is 10.1. The first-order valence-corrected chi connectivity index (χ1v) is 11.5. The number of halogens is 1. The Morgan fingerprint density at radius 3 is 2.26 bits per heavy atom. The zero-order valence-corrected chi connectivity index (χ0v) is 20.1. The molecule has 1 fully saturated rings. The van der Waals surface area contributed by atoms with Crippen molar-refractivity contribution in [3.05, 3.63) is 84.4 Å². The Morgan fingerprint density at radius 1 is 0.943 bits per heavy atom. The molecule has 1 saturated heterocycles. The Kier molecular flexibility index (Phi) is 7.00. The summed E-state index contributed by atoms with van der Waals surface area (Å²) in [5.74, 6) is -0.723. The minimum Gasteiger partial charge on any atom is -0.444 e. The van der Waals surface area contributed by atoms with E-state index in [1.165, 1.54) is 11.0 Å². The van der Waals surface area contributed by atoms with Crippen LogP contribution in [-0.4, -0.2) is 53.7 Å². The fourth-order valence-corrected chi connectivity index (χ4v) is 3.93. The van der Waals surface area contributed by atoms with Crippen LogP contribution in [0.4, 0.5) is 26.2 Å². The molecule has 0 atom stereocenters. The van der Waals surface area contributed by atoms with Gasteiger partial charge in [0.1, 0.15) is 11.4 Å². The molecule has 35 heavy (non-hydrogen) atoms. The third-order valence-corrected chi connectivity index (χ3v) is 5.59. The van der Waals surface area contributed by atoms with Crippen LogP contribution in [-0.2, 0) is 4.74 Å². The Morgan fingerprint density at radius 2 is 1.66 bits per heavy atom. The van der Waals surface area contributed by atoms with E-state index >= 15 is 4.39 Å². The maximum Gasteiger partial charge on any atom is 0.410 e. The van der Waals surface area contributed by atoms with Crippen molar-refractivity contribution in [1.29, 1.82) is 0 Å². The molecule has 0 radical (unpaired) electrons. The van der Waals surface area contributed by atoms with Crippen LogP contribution in [0.2, 0.25) is 0 Å². The molecule has 7 nitrogen and oxygen atoms in total. The number of hydrogen-bond acceptors (Lipinski definition) is 5. The average molecular weight is 477 g/mol. The summed E-state index contributed by atoms with van der Waals surface area (Å²) in [6.07, 6.45) is 2.83. The molecule has 1 aliphatic heterocycles. The number of benzene rings is 2. The fraction of sp³-hybridized carbons (Fsp3) is 0.296. The molecule has 0 saturated carbocycles. The van der Waals surface area contributed by atoms with Gasteiger partial charge in [0, 0.05) is 44.0 Å². The van der Waals surface area contributed by atoms with E-state index in [1.807, 2.05) is 31.7 Å². The number of ether oxygens (including phenoxy) is 1. The first-order chi connectivity index (χ1) is 16.7. The molecule has 0 N–H and O–H groups in total. The van der Waals surface area contributed by atoms with Gasteiger partial charge < -0.3 is 14.5 Å². The standard InChI is InChI=1S/C27H29FN4O3/c1-27(2,3)35-26(34)31-16-14-30(15-17-31)24-12-11-21(18-23(24)28)32(22-10-7-13-29-19-22)25(33)20-8-5-4-6-9-20/h4-13,18-19H,14-17H2,1-3H3. The second kappa shape index (κ2) is 10.1. The first-order valence-electron chi connectivity index (χ1n) is 11.5. The van der Waals surface area contributed by atoms with Crippen LogP contribution in [0.1, 0.15) is 31.1 Å². The number of amides is 2. The number of pyridine rings is 1. The highest BCUT2D eigenvalue weighted by Crippen LogP contribution is 2.31. The third-order valence-electron chi connectivity index (χ3n) is 5.59. The summed E-state index contributed by atoms with van der Waals surface area (Å²) >= 11 is 0. The minimum absolute atomic E-state index is 0.281. The number of aromatic nitrogens is 1. The molecule has 4 rings (SSSR count). The number of hydrogen-bond donors (Lipinski definition) is 0. The summed E-state index contributed by atoms with van der Waals surface area (Å²) in [4.78, 5) is 34.8. The lowest BCUT2D eigenvalue weighted by molar-refractivity contribution is 0.0240. The van der Waals surface area contributed by atoms with Crippen LogP contribution in [0, 0.1) is 5.82 Å². The molecule has 0 spiro atoms. The molecule has 3 aromatic rings. The molecule has 182 valence electrons. The zero-order chi connectivity index (χ0) is 25.0.